The molecule has 1 aliphatic rings. The maximum absolute atomic E-state index is 11.4. The number of sulfone groups is 1. The lowest BCUT2D eigenvalue weighted by molar-refractivity contribution is 0.317. The maximum Gasteiger partial charge on any atom is 0.150 e. The molecule has 0 aromatic heterocycles. The first kappa shape index (κ1) is 16.0. The molecule has 2 rings (SSSR count). The van der Waals surface area contributed by atoms with Crippen LogP contribution in [0.3, 0.4) is 0 Å². The lowest BCUT2D eigenvalue weighted by Crippen LogP contribution is -2.19. The second kappa shape index (κ2) is 7.61. The average molecular weight is 309 g/mol. The van der Waals surface area contributed by atoms with Crippen molar-refractivity contribution < 1.29 is 13.2 Å². The molecule has 0 saturated carbocycles. The highest BCUT2D eigenvalue weighted by molar-refractivity contribution is 7.91. The molecule has 1 aliphatic heterocycles. The number of nitrogens with one attached hydrogen (secondary N) is 1. The Kier molecular flexibility index (Phi) is 5.82. The van der Waals surface area contributed by atoms with E-state index in [0.29, 0.717) is 13.0 Å². The number of rotatable bonds is 7. The molecule has 1 N–H and O–H groups in total. The highest BCUT2D eigenvalue weighted by Gasteiger charge is 2.07. The molecule has 0 fully saturated rings. The minimum atomic E-state index is -2.89. The zero-order chi connectivity index (χ0) is 15.1. The van der Waals surface area contributed by atoms with Gasteiger partial charge in [-0.15, -0.1) is 0 Å². The van der Waals surface area contributed by atoms with E-state index in [2.05, 4.69) is 23.5 Å². The lowest BCUT2D eigenvalue weighted by Gasteiger charge is -2.14. The SMILES string of the molecule is CCS(=O)(=O)CCCOc1ccc(C2=CCNCC2)cc1. The van der Waals surface area contributed by atoms with Gasteiger partial charge in [-0.2, -0.15) is 0 Å². The zero-order valence-corrected chi connectivity index (χ0v) is 13.3. The van der Waals surface area contributed by atoms with Gasteiger partial charge in [-0.1, -0.05) is 25.1 Å². The molecule has 5 heteroatoms. The summed E-state index contributed by atoms with van der Waals surface area (Å²) in [5.41, 5.74) is 2.60. The van der Waals surface area contributed by atoms with Crippen molar-refractivity contribution in [1.82, 2.24) is 5.32 Å². The summed E-state index contributed by atoms with van der Waals surface area (Å²) in [6, 6.07) is 8.03. The van der Waals surface area contributed by atoms with Crippen molar-refractivity contribution in [3.8, 4) is 5.75 Å². The van der Waals surface area contributed by atoms with E-state index in [1.807, 2.05) is 12.1 Å². The molecule has 0 aliphatic carbocycles. The molecule has 116 valence electrons. The maximum atomic E-state index is 11.4. The highest BCUT2D eigenvalue weighted by atomic mass is 32.2. The van der Waals surface area contributed by atoms with Gasteiger partial charge in [-0.05, 0) is 42.7 Å². The molecule has 21 heavy (non-hydrogen) atoms. The van der Waals surface area contributed by atoms with Crippen LogP contribution in [0.1, 0.15) is 25.3 Å². The lowest BCUT2D eigenvalue weighted by atomic mass is 10.0. The standard InChI is InChI=1S/C16H23NO3S/c1-2-21(18,19)13-3-12-20-16-6-4-14(5-7-16)15-8-10-17-11-9-15/h4-8,17H,2-3,9-13H2,1H3. The van der Waals surface area contributed by atoms with Gasteiger partial charge in [-0.3, -0.25) is 0 Å². The minimum absolute atomic E-state index is 0.196. The molecular weight excluding hydrogens is 286 g/mol. The highest BCUT2D eigenvalue weighted by Crippen LogP contribution is 2.22. The molecule has 0 bridgehead atoms. The molecule has 0 saturated heterocycles. The first-order valence-electron chi connectivity index (χ1n) is 7.44. The van der Waals surface area contributed by atoms with Crippen LogP contribution >= 0.6 is 0 Å². The van der Waals surface area contributed by atoms with E-state index in [-0.39, 0.29) is 11.5 Å². The first-order chi connectivity index (χ1) is 10.1. The third kappa shape index (κ3) is 5.17. The van der Waals surface area contributed by atoms with Crippen LogP contribution in [0, 0.1) is 0 Å². The van der Waals surface area contributed by atoms with E-state index >= 15 is 0 Å². The van der Waals surface area contributed by atoms with E-state index < -0.39 is 9.84 Å². The van der Waals surface area contributed by atoms with Crippen LogP contribution in [0.25, 0.3) is 5.57 Å². The molecule has 0 unspecified atom stereocenters. The van der Waals surface area contributed by atoms with Crippen molar-refractivity contribution in [3.63, 3.8) is 0 Å². The summed E-state index contributed by atoms with van der Waals surface area (Å²) in [7, 11) is -2.89. The van der Waals surface area contributed by atoms with Gasteiger partial charge in [0, 0.05) is 12.3 Å². The molecule has 0 radical (unpaired) electrons. The van der Waals surface area contributed by atoms with Crippen LogP contribution in [0.5, 0.6) is 5.75 Å². The Hall–Kier alpha value is -1.33. The Bertz CT molecular complexity index is 576. The summed E-state index contributed by atoms with van der Waals surface area (Å²) in [4.78, 5) is 0. The molecule has 4 nitrogen and oxygen atoms in total. The Labute approximate surface area is 127 Å². The largest absolute Gasteiger partial charge is 0.494 e. The van der Waals surface area contributed by atoms with Gasteiger partial charge < -0.3 is 10.1 Å². The molecule has 1 heterocycles. The van der Waals surface area contributed by atoms with Crippen molar-refractivity contribution in [2.75, 3.05) is 31.2 Å². The smallest absolute Gasteiger partial charge is 0.150 e. The van der Waals surface area contributed by atoms with Gasteiger partial charge in [0.05, 0.1) is 12.4 Å². The first-order valence-corrected chi connectivity index (χ1v) is 9.26. The number of hydrogen-bond donors (Lipinski definition) is 1. The quantitative estimate of drug-likeness (QED) is 0.785. The van der Waals surface area contributed by atoms with Crippen molar-refractivity contribution in [3.05, 3.63) is 35.9 Å². The van der Waals surface area contributed by atoms with E-state index in [1.54, 1.807) is 6.92 Å². The van der Waals surface area contributed by atoms with Crippen molar-refractivity contribution in [2.45, 2.75) is 19.8 Å². The van der Waals surface area contributed by atoms with Crippen LogP contribution in [-0.4, -0.2) is 39.6 Å². The summed E-state index contributed by atoms with van der Waals surface area (Å²) >= 11 is 0. The van der Waals surface area contributed by atoms with Gasteiger partial charge in [0.15, 0.2) is 0 Å². The van der Waals surface area contributed by atoms with Crippen LogP contribution in [0.2, 0.25) is 0 Å². The van der Waals surface area contributed by atoms with Gasteiger partial charge in [0.25, 0.3) is 0 Å². The summed E-state index contributed by atoms with van der Waals surface area (Å²) in [5, 5.41) is 3.30. The molecular formula is C16H23NO3S. The Morgan fingerprint density at radius 2 is 2.00 bits per heavy atom. The predicted molar refractivity (Wildman–Crippen MR) is 86.3 cm³/mol. The summed E-state index contributed by atoms with van der Waals surface area (Å²) in [5.74, 6) is 1.19. The topological polar surface area (TPSA) is 55.4 Å². The normalized spacial score (nSPS) is 15.6. The summed E-state index contributed by atoms with van der Waals surface area (Å²) in [6.45, 7) is 4.06. The van der Waals surface area contributed by atoms with Crippen LogP contribution in [0.4, 0.5) is 0 Å². The van der Waals surface area contributed by atoms with Crippen LogP contribution in [-0.2, 0) is 9.84 Å². The number of benzene rings is 1. The number of hydrogen-bond acceptors (Lipinski definition) is 4. The van der Waals surface area contributed by atoms with Crippen molar-refractivity contribution in [1.29, 1.82) is 0 Å². The molecule has 0 spiro atoms. The second-order valence-electron chi connectivity index (χ2n) is 5.15. The van der Waals surface area contributed by atoms with Gasteiger partial charge >= 0.3 is 0 Å². The second-order valence-corrected chi connectivity index (χ2v) is 7.62. The zero-order valence-electron chi connectivity index (χ0n) is 12.5. The van der Waals surface area contributed by atoms with Gasteiger partial charge in [-0.25, -0.2) is 8.42 Å². The average Bonchev–Trinajstić information content (AvgIpc) is 2.53. The minimum Gasteiger partial charge on any atom is -0.494 e. The fraction of sp³-hybridized carbons (Fsp3) is 0.500. The summed E-state index contributed by atoms with van der Waals surface area (Å²) in [6.07, 6.45) is 3.80. The monoisotopic (exact) mass is 309 g/mol. The van der Waals surface area contributed by atoms with Crippen LogP contribution in [0.15, 0.2) is 30.3 Å². The Balaban J connectivity index is 1.81. The van der Waals surface area contributed by atoms with Crippen LogP contribution < -0.4 is 10.1 Å². The van der Waals surface area contributed by atoms with E-state index in [1.165, 1.54) is 11.1 Å². The Morgan fingerprint density at radius 1 is 1.24 bits per heavy atom. The van der Waals surface area contributed by atoms with Crippen molar-refractivity contribution >= 4 is 15.4 Å². The van der Waals surface area contributed by atoms with Gasteiger partial charge in [0.2, 0.25) is 0 Å². The molecule has 0 atom stereocenters. The molecule has 1 aromatic carbocycles. The van der Waals surface area contributed by atoms with Gasteiger partial charge in [0.1, 0.15) is 15.6 Å². The Morgan fingerprint density at radius 3 is 2.62 bits per heavy atom. The fourth-order valence-corrected chi connectivity index (χ4v) is 3.11. The van der Waals surface area contributed by atoms with E-state index in [9.17, 15) is 8.42 Å². The fourth-order valence-electron chi connectivity index (χ4n) is 2.26. The summed E-state index contributed by atoms with van der Waals surface area (Å²) < 4.78 is 28.3. The molecule has 1 aromatic rings. The molecule has 0 amide bonds. The number of ether oxygens (including phenoxy) is 1. The van der Waals surface area contributed by atoms with Crippen molar-refractivity contribution in [2.24, 2.45) is 0 Å². The third-order valence-corrected chi connectivity index (χ3v) is 5.39. The third-order valence-electron chi connectivity index (χ3n) is 3.60. The predicted octanol–water partition coefficient (Wildman–Crippen LogP) is 2.27. The van der Waals surface area contributed by atoms with E-state index in [4.69, 9.17) is 4.74 Å². The van der Waals surface area contributed by atoms with E-state index in [0.717, 1.165) is 25.3 Å².